The lowest BCUT2D eigenvalue weighted by molar-refractivity contribution is 0.438. The van der Waals surface area contributed by atoms with Crippen molar-refractivity contribution in [2.45, 2.75) is 30.3 Å². The number of nitrogens with zero attached hydrogens (tertiary/aromatic N) is 2. The highest BCUT2D eigenvalue weighted by Gasteiger charge is 2.32. The Bertz CT molecular complexity index is 624. The van der Waals surface area contributed by atoms with E-state index >= 15 is 0 Å². The first-order chi connectivity index (χ1) is 9.52. The van der Waals surface area contributed by atoms with E-state index in [0.29, 0.717) is 42.1 Å². The summed E-state index contributed by atoms with van der Waals surface area (Å²) in [5.41, 5.74) is 6.57. The van der Waals surface area contributed by atoms with Gasteiger partial charge in [0.25, 0.3) is 0 Å². The molecule has 1 aromatic rings. The predicted octanol–water partition coefficient (Wildman–Crippen LogP) is 0.0347. The fourth-order valence-electron chi connectivity index (χ4n) is 2.50. The standard InChI is InChI=1S/C12H19N3O3S2/c13-8-11-7-12(9-15(11)10-1-2-10)20(17,18)14-3-5-19(16)6-4-14/h7,9-10H,1-6,8,13H2. The quantitative estimate of drug-likeness (QED) is 0.849. The Hall–Kier alpha value is -0.700. The molecule has 0 bridgehead atoms. The number of hydrogen-bond donors (Lipinski definition) is 1. The Labute approximate surface area is 121 Å². The van der Waals surface area contributed by atoms with Crippen LogP contribution in [0.5, 0.6) is 0 Å². The van der Waals surface area contributed by atoms with Gasteiger partial charge < -0.3 is 10.3 Å². The molecule has 2 aliphatic rings. The predicted molar refractivity (Wildman–Crippen MR) is 77.2 cm³/mol. The van der Waals surface area contributed by atoms with Crippen molar-refractivity contribution in [1.82, 2.24) is 8.87 Å². The van der Waals surface area contributed by atoms with E-state index in [1.807, 2.05) is 4.57 Å². The van der Waals surface area contributed by atoms with Crippen molar-refractivity contribution in [3.63, 3.8) is 0 Å². The third-order valence-corrected chi connectivity index (χ3v) is 6.97. The topological polar surface area (TPSA) is 85.4 Å². The van der Waals surface area contributed by atoms with Gasteiger partial charge in [-0.15, -0.1) is 0 Å². The highest BCUT2D eigenvalue weighted by atomic mass is 32.2. The van der Waals surface area contributed by atoms with Gasteiger partial charge >= 0.3 is 0 Å². The number of hydrogen-bond acceptors (Lipinski definition) is 4. The lowest BCUT2D eigenvalue weighted by atomic mass is 10.4. The number of sulfonamides is 1. The maximum atomic E-state index is 12.6. The van der Waals surface area contributed by atoms with Crippen LogP contribution in [0.15, 0.2) is 17.2 Å². The van der Waals surface area contributed by atoms with Crippen molar-refractivity contribution in [3.8, 4) is 0 Å². The molecule has 2 heterocycles. The molecule has 1 saturated heterocycles. The van der Waals surface area contributed by atoms with E-state index in [9.17, 15) is 12.6 Å². The second kappa shape index (κ2) is 5.25. The zero-order valence-corrected chi connectivity index (χ0v) is 12.8. The molecule has 2 N–H and O–H groups in total. The second-order valence-electron chi connectivity index (χ2n) is 5.26. The molecule has 2 fully saturated rings. The molecule has 1 aliphatic carbocycles. The molecular formula is C12H19N3O3S2. The van der Waals surface area contributed by atoms with E-state index in [0.717, 1.165) is 18.5 Å². The molecule has 1 aromatic heterocycles. The molecule has 0 amide bonds. The summed E-state index contributed by atoms with van der Waals surface area (Å²) in [6.07, 6.45) is 3.88. The molecule has 0 radical (unpaired) electrons. The van der Waals surface area contributed by atoms with E-state index in [4.69, 9.17) is 5.73 Å². The highest BCUT2D eigenvalue weighted by molar-refractivity contribution is 7.89. The van der Waals surface area contributed by atoms with Crippen molar-refractivity contribution in [2.75, 3.05) is 24.6 Å². The zero-order chi connectivity index (χ0) is 14.3. The second-order valence-corrected chi connectivity index (χ2v) is 8.90. The highest BCUT2D eigenvalue weighted by Crippen LogP contribution is 2.37. The van der Waals surface area contributed by atoms with Gasteiger partial charge in [0.15, 0.2) is 0 Å². The largest absolute Gasteiger partial charge is 0.346 e. The third kappa shape index (κ3) is 2.57. The van der Waals surface area contributed by atoms with Crippen molar-refractivity contribution in [3.05, 3.63) is 18.0 Å². The van der Waals surface area contributed by atoms with E-state index in [2.05, 4.69) is 0 Å². The molecule has 3 rings (SSSR count). The minimum absolute atomic E-state index is 0.317. The van der Waals surface area contributed by atoms with Crippen LogP contribution in [0.25, 0.3) is 0 Å². The summed E-state index contributed by atoms with van der Waals surface area (Å²) in [7, 11) is -4.36. The molecule has 1 saturated carbocycles. The summed E-state index contributed by atoms with van der Waals surface area (Å²) in [5, 5.41) is 0. The molecule has 8 heteroatoms. The summed E-state index contributed by atoms with van der Waals surface area (Å²) in [6.45, 7) is 1.01. The van der Waals surface area contributed by atoms with Crippen molar-refractivity contribution in [1.29, 1.82) is 0 Å². The van der Waals surface area contributed by atoms with Gasteiger partial charge in [-0.05, 0) is 18.9 Å². The summed E-state index contributed by atoms with van der Waals surface area (Å²) < 4.78 is 40.0. The first-order valence-electron chi connectivity index (χ1n) is 6.78. The smallest absolute Gasteiger partial charge is 0.244 e. The average molecular weight is 317 g/mol. The Morgan fingerprint density at radius 2 is 1.95 bits per heavy atom. The van der Waals surface area contributed by atoms with Gasteiger partial charge in [-0.2, -0.15) is 4.31 Å². The van der Waals surface area contributed by atoms with E-state index in [1.54, 1.807) is 12.3 Å². The summed E-state index contributed by atoms with van der Waals surface area (Å²) >= 11 is 0. The Morgan fingerprint density at radius 3 is 2.50 bits per heavy atom. The van der Waals surface area contributed by atoms with Crippen molar-refractivity contribution >= 4 is 20.8 Å². The molecule has 20 heavy (non-hydrogen) atoms. The third-order valence-electron chi connectivity index (χ3n) is 3.83. The summed E-state index contributed by atoms with van der Waals surface area (Å²) in [5.74, 6) is 0.846. The van der Waals surface area contributed by atoms with Gasteiger partial charge in [-0.3, -0.25) is 4.21 Å². The maximum absolute atomic E-state index is 12.6. The summed E-state index contributed by atoms with van der Waals surface area (Å²) in [4.78, 5) is 0.317. The fraction of sp³-hybridized carbons (Fsp3) is 0.667. The molecule has 0 spiro atoms. The average Bonchev–Trinajstić information content (AvgIpc) is 3.18. The van der Waals surface area contributed by atoms with Gasteiger partial charge in [0.1, 0.15) is 4.90 Å². The van der Waals surface area contributed by atoms with Crippen LogP contribution in [-0.2, 0) is 27.4 Å². The minimum Gasteiger partial charge on any atom is -0.346 e. The van der Waals surface area contributed by atoms with Crippen LogP contribution in [0.3, 0.4) is 0 Å². The normalized spacial score (nSPS) is 22.2. The van der Waals surface area contributed by atoms with Gasteiger partial charge in [0, 0.05) is 59.9 Å². The van der Waals surface area contributed by atoms with Crippen LogP contribution in [0.1, 0.15) is 24.6 Å². The number of rotatable bonds is 4. The van der Waals surface area contributed by atoms with Gasteiger partial charge in [0.05, 0.1) is 0 Å². The van der Waals surface area contributed by atoms with Gasteiger partial charge in [0.2, 0.25) is 10.0 Å². The van der Waals surface area contributed by atoms with Crippen LogP contribution in [0.4, 0.5) is 0 Å². The Balaban J connectivity index is 1.89. The van der Waals surface area contributed by atoms with Crippen LogP contribution >= 0.6 is 0 Å². The first-order valence-corrected chi connectivity index (χ1v) is 9.71. The van der Waals surface area contributed by atoms with E-state index in [-0.39, 0.29) is 0 Å². The van der Waals surface area contributed by atoms with Crippen molar-refractivity contribution in [2.24, 2.45) is 5.73 Å². The molecule has 6 nitrogen and oxygen atoms in total. The zero-order valence-electron chi connectivity index (χ0n) is 11.2. The van der Waals surface area contributed by atoms with Crippen LogP contribution in [0, 0.1) is 0 Å². The number of aromatic nitrogens is 1. The van der Waals surface area contributed by atoms with E-state index < -0.39 is 20.8 Å². The maximum Gasteiger partial charge on any atom is 0.244 e. The molecule has 112 valence electrons. The van der Waals surface area contributed by atoms with Gasteiger partial charge in [-0.25, -0.2) is 8.42 Å². The Kier molecular flexibility index (Phi) is 3.74. The molecule has 0 atom stereocenters. The lowest BCUT2D eigenvalue weighted by Crippen LogP contribution is -2.41. The van der Waals surface area contributed by atoms with Crippen LogP contribution in [0.2, 0.25) is 0 Å². The lowest BCUT2D eigenvalue weighted by Gasteiger charge is -2.24. The Morgan fingerprint density at radius 1 is 1.30 bits per heavy atom. The monoisotopic (exact) mass is 317 g/mol. The SMILES string of the molecule is NCc1cc(S(=O)(=O)N2CCS(=O)CC2)cn1C1CC1. The molecular weight excluding hydrogens is 298 g/mol. The van der Waals surface area contributed by atoms with Gasteiger partial charge in [-0.1, -0.05) is 0 Å². The minimum atomic E-state index is -3.48. The van der Waals surface area contributed by atoms with Crippen LogP contribution < -0.4 is 5.73 Å². The van der Waals surface area contributed by atoms with Crippen LogP contribution in [-0.4, -0.2) is 46.1 Å². The molecule has 0 unspecified atom stereocenters. The van der Waals surface area contributed by atoms with Crippen molar-refractivity contribution < 1.29 is 12.6 Å². The van der Waals surface area contributed by atoms with E-state index in [1.165, 1.54) is 4.31 Å². The first kappa shape index (κ1) is 14.2. The molecule has 0 aromatic carbocycles. The fourth-order valence-corrected chi connectivity index (χ4v) is 5.28. The summed E-state index contributed by atoms with van der Waals surface area (Å²) in [6, 6.07) is 2.09. The number of nitrogens with two attached hydrogens (primary N) is 1. The molecule has 1 aliphatic heterocycles.